The highest BCUT2D eigenvalue weighted by Crippen LogP contribution is 2.32. The maximum atomic E-state index is 5.73. The lowest BCUT2D eigenvalue weighted by Gasteiger charge is -2.10. The van der Waals surface area contributed by atoms with Crippen LogP contribution in [0.2, 0.25) is 0 Å². The van der Waals surface area contributed by atoms with Crippen molar-refractivity contribution in [3.05, 3.63) is 34.2 Å². The monoisotopic (exact) mass is 290 g/mol. The predicted octanol–water partition coefficient (Wildman–Crippen LogP) is 3.53. The zero-order valence-corrected chi connectivity index (χ0v) is 13.2. The van der Waals surface area contributed by atoms with Crippen LogP contribution >= 0.6 is 11.3 Å². The van der Waals surface area contributed by atoms with Crippen LogP contribution in [-0.2, 0) is 12.8 Å². The molecule has 0 bridgehead atoms. The first-order valence-electron chi connectivity index (χ1n) is 7.13. The van der Waals surface area contributed by atoms with Gasteiger partial charge >= 0.3 is 0 Å². The van der Waals surface area contributed by atoms with Gasteiger partial charge in [-0.15, -0.1) is 11.3 Å². The van der Waals surface area contributed by atoms with Crippen LogP contribution < -0.4 is 10.1 Å². The summed E-state index contributed by atoms with van der Waals surface area (Å²) in [6, 6.07) is 6.38. The number of aromatic nitrogens is 1. The van der Waals surface area contributed by atoms with Crippen LogP contribution in [0.3, 0.4) is 0 Å². The van der Waals surface area contributed by atoms with E-state index >= 15 is 0 Å². The lowest BCUT2D eigenvalue weighted by Crippen LogP contribution is -2.09. The van der Waals surface area contributed by atoms with Crippen LogP contribution in [-0.4, -0.2) is 25.2 Å². The van der Waals surface area contributed by atoms with E-state index in [1.165, 1.54) is 10.6 Å². The van der Waals surface area contributed by atoms with Gasteiger partial charge in [-0.05, 0) is 38.1 Å². The molecule has 20 heavy (non-hydrogen) atoms. The smallest absolute Gasteiger partial charge is 0.128 e. The summed E-state index contributed by atoms with van der Waals surface area (Å²) in [5, 5.41) is 6.45. The average Bonchev–Trinajstić information content (AvgIpc) is 2.94. The molecule has 1 N–H and O–H groups in total. The Morgan fingerprint density at radius 3 is 2.85 bits per heavy atom. The Balaban J connectivity index is 2.31. The van der Waals surface area contributed by atoms with Crippen molar-refractivity contribution >= 4 is 11.3 Å². The van der Waals surface area contributed by atoms with Crippen molar-refractivity contribution in [3.63, 3.8) is 0 Å². The highest BCUT2D eigenvalue weighted by atomic mass is 32.1. The van der Waals surface area contributed by atoms with Crippen LogP contribution in [0, 0.1) is 0 Å². The van der Waals surface area contributed by atoms with E-state index in [-0.39, 0.29) is 0 Å². The summed E-state index contributed by atoms with van der Waals surface area (Å²) in [5.74, 6) is 0.926. The summed E-state index contributed by atoms with van der Waals surface area (Å²) in [4.78, 5) is 4.73. The molecule has 0 aliphatic heterocycles. The fourth-order valence-electron chi connectivity index (χ4n) is 2.06. The highest BCUT2D eigenvalue weighted by molar-refractivity contribution is 7.09. The van der Waals surface area contributed by atoms with Crippen molar-refractivity contribution in [2.75, 3.05) is 20.2 Å². The second-order valence-corrected chi connectivity index (χ2v) is 5.54. The molecule has 0 fully saturated rings. The van der Waals surface area contributed by atoms with Crippen LogP contribution in [0.1, 0.15) is 24.4 Å². The summed E-state index contributed by atoms with van der Waals surface area (Å²) in [6.07, 6.45) is 1.99. The summed E-state index contributed by atoms with van der Waals surface area (Å²) in [5.41, 5.74) is 3.45. The zero-order chi connectivity index (χ0) is 14.4. The number of rotatable bonds is 7. The minimum atomic E-state index is 0.676. The molecule has 0 atom stereocenters. The first-order chi connectivity index (χ1) is 9.78. The highest BCUT2D eigenvalue weighted by Gasteiger charge is 2.11. The first kappa shape index (κ1) is 15.0. The Kier molecular flexibility index (Phi) is 5.56. The largest absolute Gasteiger partial charge is 0.493 e. The number of ether oxygens (including phenoxy) is 1. The minimum absolute atomic E-state index is 0.676. The molecule has 0 saturated heterocycles. The molecule has 0 aliphatic carbocycles. The van der Waals surface area contributed by atoms with Gasteiger partial charge < -0.3 is 10.1 Å². The SMILES string of the molecule is CCOc1ccc(CC)cc1-c1csc(CCNC)n1. The topological polar surface area (TPSA) is 34.1 Å². The minimum Gasteiger partial charge on any atom is -0.493 e. The summed E-state index contributed by atoms with van der Waals surface area (Å²) in [7, 11) is 1.96. The van der Waals surface area contributed by atoms with Gasteiger partial charge in [-0.2, -0.15) is 0 Å². The molecular weight excluding hydrogens is 268 g/mol. The lowest BCUT2D eigenvalue weighted by molar-refractivity contribution is 0.341. The quantitative estimate of drug-likeness (QED) is 0.847. The molecule has 2 aromatic rings. The van der Waals surface area contributed by atoms with Gasteiger partial charge in [-0.1, -0.05) is 13.0 Å². The number of nitrogens with zero attached hydrogens (tertiary/aromatic N) is 1. The Hall–Kier alpha value is -1.39. The normalized spacial score (nSPS) is 10.8. The van der Waals surface area contributed by atoms with Gasteiger partial charge in [0, 0.05) is 23.9 Å². The Morgan fingerprint density at radius 1 is 1.30 bits per heavy atom. The average molecular weight is 290 g/mol. The van der Waals surface area contributed by atoms with Crippen molar-refractivity contribution in [3.8, 4) is 17.0 Å². The summed E-state index contributed by atoms with van der Waals surface area (Å²) < 4.78 is 5.73. The van der Waals surface area contributed by atoms with Crippen molar-refractivity contribution in [2.24, 2.45) is 0 Å². The van der Waals surface area contributed by atoms with E-state index in [2.05, 4.69) is 35.8 Å². The van der Waals surface area contributed by atoms with Gasteiger partial charge in [0.25, 0.3) is 0 Å². The standard InChI is InChI=1S/C16H22N2OS/c1-4-12-6-7-15(19-5-2)13(10-12)14-11-20-16(18-14)8-9-17-3/h6-7,10-11,17H,4-5,8-9H2,1-3H3. The van der Waals surface area contributed by atoms with Gasteiger partial charge in [0.05, 0.1) is 17.3 Å². The van der Waals surface area contributed by atoms with E-state index in [0.29, 0.717) is 6.61 Å². The van der Waals surface area contributed by atoms with Crippen LogP contribution in [0.5, 0.6) is 5.75 Å². The molecular formula is C16H22N2OS. The maximum Gasteiger partial charge on any atom is 0.128 e. The second kappa shape index (κ2) is 7.41. The van der Waals surface area contributed by atoms with E-state index < -0.39 is 0 Å². The van der Waals surface area contributed by atoms with Crippen molar-refractivity contribution in [1.29, 1.82) is 0 Å². The summed E-state index contributed by atoms with van der Waals surface area (Å²) in [6.45, 7) is 5.81. The van der Waals surface area contributed by atoms with Gasteiger partial charge in [0.2, 0.25) is 0 Å². The molecule has 0 amide bonds. The number of hydrogen-bond acceptors (Lipinski definition) is 4. The third-order valence-corrected chi connectivity index (χ3v) is 4.08. The molecule has 0 spiro atoms. The van der Waals surface area contributed by atoms with Crippen molar-refractivity contribution in [2.45, 2.75) is 26.7 Å². The number of likely N-dealkylation sites (N-methyl/N-ethyl adjacent to an activating group) is 1. The Labute approximate surface area is 125 Å². The maximum absolute atomic E-state index is 5.73. The predicted molar refractivity (Wildman–Crippen MR) is 85.7 cm³/mol. The first-order valence-corrected chi connectivity index (χ1v) is 8.01. The molecule has 0 unspecified atom stereocenters. The number of hydrogen-bond donors (Lipinski definition) is 1. The van der Waals surface area contributed by atoms with E-state index in [9.17, 15) is 0 Å². The molecule has 4 heteroatoms. The molecule has 2 rings (SSSR count). The Morgan fingerprint density at radius 2 is 2.15 bits per heavy atom. The fourth-order valence-corrected chi connectivity index (χ4v) is 2.86. The van der Waals surface area contributed by atoms with Crippen LogP contribution in [0.25, 0.3) is 11.3 Å². The zero-order valence-electron chi connectivity index (χ0n) is 12.4. The van der Waals surface area contributed by atoms with Crippen LogP contribution in [0.4, 0.5) is 0 Å². The third kappa shape index (κ3) is 3.58. The number of nitrogens with one attached hydrogen (secondary N) is 1. The second-order valence-electron chi connectivity index (χ2n) is 4.60. The molecule has 0 saturated carbocycles. The number of benzene rings is 1. The van der Waals surface area contributed by atoms with Gasteiger partial charge in [-0.25, -0.2) is 4.98 Å². The van der Waals surface area contributed by atoms with E-state index in [1.807, 2.05) is 14.0 Å². The molecule has 3 nitrogen and oxygen atoms in total. The van der Waals surface area contributed by atoms with E-state index in [1.54, 1.807) is 11.3 Å². The molecule has 0 radical (unpaired) electrons. The molecule has 1 heterocycles. The Bertz CT molecular complexity index is 551. The summed E-state index contributed by atoms with van der Waals surface area (Å²) >= 11 is 1.72. The van der Waals surface area contributed by atoms with E-state index in [4.69, 9.17) is 9.72 Å². The molecule has 1 aromatic heterocycles. The molecule has 0 aliphatic rings. The fraction of sp³-hybridized carbons (Fsp3) is 0.438. The van der Waals surface area contributed by atoms with E-state index in [0.717, 1.165) is 36.4 Å². The number of aryl methyl sites for hydroxylation is 1. The van der Waals surface area contributed by atoms with Gasteiger partial charge in [0.15, 0.2) is 0 Å². The van der Waals surface area contributed by atoms with Gasteiger partial charge in [-0.3, -0.25) is 0 Å². The molecule has 1 aromatic carbocycles. The van der Waals surface area contributed by atoms with Gasteiger partial charge in [0.1, 0.15) is 5.75 Å². The lowest BCUT2D eigenvalue weighted by atomic mass is 10.1. The van der Waals surface area contributed by atoms with Crippen LogP contribution in [0.15, 0.2) is 23.6 Å². The third-order valence-electron chi connectivity index (χ3n) is 3.17. The van der Waals surface area contributed by atoms with Crippen molar-refractivity contribution < 1.29 is 4.74 Å². The van der Waals surface area contributed by atoms with Crippen molar-refractivity contribution in [1.82, 2.24) is 10.3 Å². The molecule has 108 valence electrons. The number of thiazole rings is 1.